The molecule has 4 heterocycles. The predicted octanol–water partition coefficient (Wildman–Crippen LogP) is 7.21. The number of hydrogen-bond acceptors (Lipinski definition) is 15. The van der Waals surface area contributed by atoms with Crippen molar-refractivity contribution in [2.45, 2.75) is 180 Å². The molecule has 3 fully saturated rings. The van der Waals surface area contributed by atoms with E-state index in [2.05, 4.69) is 18.0 Å². The molecule has 1 aliphatic carbocycles. The van der Waals surface area contributed by atoms with Crippen molar-refractivity contribution in [2.75, 3.05) is 48.5 Å². The third-order valence-corrected chi connectivity index (χ3v) is 16.0. The molecule has 3 aliphatic heterocycles. The minimum Gasteiger partial charge on any atom is -0.488 e. The molecule has 15 unspecified atom stereocenters. The van der Waals surface area contributed by atoms with E-state index in [0.717, 1.165) is 22.2 Å². The van der Waals surface area contributed by atoms with E-state index in [9.17, 15) is 34.2 Å². The number of cyclic esters (lactones) is 1. The predicted molar refractivity (Wildman–Crippen MR) is 278 cm³/mol. The molecule has 6 rings (SSSR count). The molecule has 2 aromatic rings. The lowest BCUT2D eigenvalue weighted by atomic mass is 9.81. The lowest BCUT2D eigenvalue weighted by molar-refractivity contribution is -0.302. The van der Waals surface area contributed by atoms with Gasteiger partial charge in [-0.25, -0.2) is 4.79 Å². The van der Waals surface area contributed by atoms with Gasteiger partial charge in [0, 0.05) is 63.0 Å². The standard InChI is InChI=1S/C57H85N3O14/c1-13-39-23-32(2)22-33(3)24-49(69-11)53-50(70-12)26-35(5)57(67,74-53)54(64)55(65)60-21-15-14-16-44(60)56(66)73-52(36(6)45(61)30-46(39)62)34(4)25-38-17-20-47(48(27-38)68-10)72-41-18-19-42-40(28-41)29-43(58-42)37(7)71-51(63)31-59(8)9/h18-19,23,25,28-29,33,35-39,44-45,47-50,52-53,58,61,67H,13-17,20-22,24,26-27,30-31H2,1-12H3/b32-23+,34-25?. The first-order valence-electron chi connectivity index (χ1n) is 26.8. The molecule has 4 aliphatic rings. The summed E-state index contributed by atoms with van der Waals surface area (Å²) in [5, 5.41) is 25.0. The zero-order chi connectivity index (χ0) is 54.2. The van der Waals surface area contributed by atoms with Gasteiger partial charge in [-0.2, -0.15) is 0 Å². The second-order valence-electron chi connectivity index (χ2n) is 22.1. The van der Waals surface area contributed by atoms with Crippen LogP contribution in [0.4, 0.5) is 0 Å². The summed E-state index contributed by atoms with van der Waals surface area (Å²) in [6.45, 7) is 13.3. The van der Waals surface area contributed by atoms with E-state index >= 15 is 0 Å². The van der Waals surface area contributed by atoms with E-state index in [1.807, 2.05) is 72.1 Å². The number of ether oxygens (including phenoxy) is 7. The summed E-state index contributed by atoms with van der Waals surface area (Å²) < 4.78 is 42.8. The maximum atomic E-state index is 14.6. The van der Waals surface area contributed by atoms with Crippen LogP contribution in [-0.4, -0.2) is 157 Å². The van der Waals surface area contributed by atoms with Gasteiger partial charge in [0.05, 0.1) is 36.7 Å². The Morgan fingerprint density at radius 3 is 2.32 bits per heavy atom. The number of amides is 1. The number of allylic oxidation sites excluding steroid dienone is 3. The number of carbonyl (C=O) groups excluding carboxylic acids is 5. The summed E-state index contributed by atoms with van der Waals surface area (Å²) in [6.07, 6.45) is 3.55. The van der Waals surface area contributed by atoms with Crippen molar-refractivity contribution in [1.29, 1.82) is 0 Å². The second-order valence-corrected chi connectivity index (χ2v) is 22.1. The second kappa shape index (κ2) is 26.0. The normalized spacial score (nSPS) is 34.8. The Balaban J connectivity index is 1.26. The molecule has 17 heteroatoms. The van der Waals surface area contributed by atoms with Crippen LogP contribution in [-0.2, 0) is 52.4 Å². The first-order valence-corrected chi connectivity index (χ1v) is 26.8. The number of rotatable bonds is 12. The molecule has 3 N–H and O–H groups in total. The maximum absolute atomic E-state index is 14.6. The number of aromatic nitrogens is 1. The summed E-state index contributed by atoms with van der Waals surface area (Å²) in [6, 6.07) is 6.58. The Hall–Kier alpha value is -4.49. The van der Waals surface area contributed by atoms with Gasteiger partial charge in [0.1, 0.15) is 42.0 Å². The molecule has 412 valence electrons. The molecule has 74 heavy (non-hydrogen) atoms. The number of aromatic amines is 1. The Kier molecular flexibility index (Phi) is 20.7. The Morgan fingerprint density at radius 1 is 0.946 bits per heavy atom. The maximum Gasteiger partial charge on any atom is 0.329 e. The highest BCUT2D eigenvalue weighted by Gasteiger charge is 2.56. The van der Waals surface area contributed by atoms with Crippen molar-refractivity contribution < 1.29 is 67.3 Å². The highest BCUT2D eigenvalue weighted by atomic mass is 16.7. The average molecular weight is 1040 g/mol. The number of carbonyl (C=O) groups is 5. The van der Waals surface area contributed by atoms with Crippen LogP contribution < -0.4 is 4.74 Å². The van der Waals surface area contributed by atoms with E-state index in [1.54, 1.807) is 25.9 Å². The van der Waals surface area contributed by atoms with Crippen LogP contribution in [0.3, 0.4) is 0 Å². The first kappa shape index (κ1) is 58.8. The minimum atomic E-state index is -2.53. The fraction of sp³-hybridized carbons (Fsp3) is 0.702. The smallest absolute Gasteiger partial charge is 0.329 e. The van der Waals surface area contributed by atoms with Gasteiger partial charge in [0.2, 0.25) is 5.79 Å². The number of hydrogen-bond donors (Lipinski definition) is 3. The van der Waals surface area contributed by atoms with Crippen LogP contribution in [0, 0.1) is 29.6 Å². The number of esters is 2. The molecule has 2 bridgehead atoms. The van der Waals surface area contributed by atoms with Crippen LogP contribution in [0.2, 0.25) is 0 Å². The summed E-state index contributed by atoms with van der Waals surface area (Å²) in [5.41, 5.74) is 3.30. The molecule has 1 aromatic carbocycles. The number of likely N-dealkylation sites (N-methyl/N-ethyl adjacent to an activating group) is 1. The number of benzene rings is 1. The number of piperidine rings is 1. The van der Waals surface area contributed by atoms with Gasteiger partial charge >= 0.3 is 11.9 Å². The highest BCUT2D eigenvalue weighted by Crippen LogP contribution is 2.40. The molecular formula is C57H85N3O14. The van der Waals surface area contributed by atoms with Crippen molar-refractivity contribution in [1.82, 2.24) is 14.8 Å². The van der Waals surface area contributed by atoms with Crippen molar-refractivity contribution in [3.63, 3.8) is 0 Å². The monoisotopic (exact) mass is 1040 g/mol. The summed E-state index contributed by atoms with van der Waals surface area (Å²) >= 11 is 0. The topological polar surface area (TPSA) is 213 Å². The average Bonchev–Trinajstić information content (AvgIpc) is 3.80. The number of aliphatic hydroxyl groups excluding tert-OH is 1. The lowest BCUT2D eigenvalue weighted by Gasteiger charge is -2.47. The SMILES string of the molecule is CCC1/C=C(\C)CC(C)CC(OC)C2OC(O)(C(=O)C(=O)N3CCCCC3C(=O)OC(C(C)=CC3CCC(Oc4ccc5[nH]c(C(C)OC(=O)CN(C)C)cc5c4)C(OC)C3)C(C)C(O)CC1=O)C(C)CC2OC. The van der Waals surface area contributed by atoms with Gasteiger partial charge in [-0.1, -0.05) is 45.4 Å². The number of nitrogens with one attached hydrogen (secondary N) is 1. The van der Waals surface area contributed by atoms with Gasteiger partial charge < -0.3 is 53.3 Å². The quantitative estimate of drug-likeness (QED) is 0.109. The summed E-state index contributed by atoms with van der Waals surface area (Å²) in [7, 11) is 8.35. The first-order chi connectivity index (χ1) is 35.1. The zero-order valence-corrected chi connectivity index (χ0v) is 45.9. The Labute approximate surface area is 438 Å². The van der Waals surface area contributed by atoms with Crippen LogP contribution in [0.15, 0.2) is 47.6 Å². The molecule has 1 aromatic heterocycles. The number of nitrogens with zero attached hydrogens (tertiary/aromatic N) is 2. The minimum absolute atomic E-state index is 0.0153. The van der Waals surface area contributed by atoms with E-state index in [1.165, 1.54) is 19.1 Å². The van der Waals surface area contributed by atoms with Gasteiger partial charge in [-0.15, -0.1) is 0 Å². The molecule has 1 saturated carbocycles. The Morgan fingerprint density at radius 2 is 1.65 bits per heavy atom. The van der Waals surface area contributed by atoms with Gasteiger partial charge in [-0.3, -0.25) is 24.1 Å². The van der Waals surface area contributed by atoms with Crippen molar-refractivity contribution in [3.05, 3.63) is 53.3 Å². The fourth-order valence-corrected chi connectivity index (χ4v) is 11.7. The van der Waals surface area contributed by atoms with Crippen molar-refractivity contribution >= 4 is 40.3 Å². The third kappa shape index (κ3) is 14.1. The van der Waals surface area contributed by atoms with Crippen LogP contribution in [0.1, 0.15) is 131 Å². The van der Waals surface area contributed by atoms with E-state index in [-0.39, 0.29) is 68.1 Å². The van der Waals surface area contributed by atoms with Crippen molar-refractivity contribution in [3.8, 4) is 5.75 Å². The largest absolute Gasteiger partial charge is 0.488 e. The molecular weight excluding hydrogens is 951 g/mol. The van der Waals surface area contributed by atoms with Gasteiger partial charge in [0.25, 0.3) is 11.7 Å². The van der Waals surface area contributed by atoms with E-state index in [4.69, 9.17) is 33.2 Å². The van der Waals surface area contributed by atoms with Crippen LogP contribution >= 0.6 is 0 Å². The van der Waals surface area contributed by atoms with Crippen LogP contribution in [0.25, 0.3) is 10.9 Å². The van der Waals surface area contributed by atoms with Crippen molar-refractivity contribution in [2.24, 2.45) is 29.6 Å². The number of Topliss-reactive ketones (excluding diaryl/α,β-unsaturated/α-hetero) is 2. The fourth-order valence-electron chi connectivity index (χ4n) is 11.7. The molecule has 2 saturated heterocycles. The lowest BCUT2D eigenvalue weighted by Crippen LogP contribution is -2.64. The Bertz CT molecular complexity index is 2330. The van der Waals surface area contributed by atoms with Gasteiger partial charge in [-0.05, 0) is 141 Å². The number of H-pyrrole nitrogens is 1. The highest BCUT2D eigenvalue weighted by molar-refractivity contribution is 6.39. The third-order valence-electron chi connectivity index (χ3n) is 16.0. The molecule has 15 atom stereocenters. The van der Waals surface area contributed by atoms with Gasteiger partial charge in [0.15, 0.2) is 0 Å². The molecule has 1 amide bonds. The van der Waals surface area contributed by atoms with E-state index in [0.29, 0.717) is 62.7 Å². The molecule has 17 nitrogen and oxygen atoms in total. The number of ketones is 2. The molecule has 0 radical (unpaired) electrons. The summed E-state index contributed by atoms with van der Waals surface area (Å²) in [5.74, 6) is -7.36. The zero-order valence-electron chi connectivity index (χ0n) is 45.9. The number of aliphatic hydroxyl groups is 2. The summed E-state index contributed by atoms with van der Waals surface area (Å²) in [4.78, 5) is 76.2. The van der Waals surface area contributed by atoms with E-state index < -0.39 is 83.9 Å². The number of methoxy groups -OCH3 is 3. The number of fused-ring (bicyclic) bond motifs is 4. The molecule has 0 spiro atoms. The van der Waals surface area contributed by atoms with Crippen LogP contribution in [0.5, 0.6) is 5.75 Å².